The third-order valence-corrected chi connectivity index (χ3v) is 6.17. The van der Waals surface area contributed by atoms with Crippen molar-refractivity contribution in [1.82, 2.24) is 14.9 Å². The molecule has 7 nitrogen and oxygen atoms in total. The number of nitrogens with one attached hydrogen (secondary N) is 2. The van der Waals surface area contributed by atoms with Crippen molar-refractivity contribution in [1.29, 1.82) is 0 Å². The molecule has 1 aromatic carbocycles. The van der Waals surface area contributed by atoms with Gasteiger partial charge in [-0.05, 0) is 31.5 Å². The number of nitrogens with zero attached hydrogens (tertiary/aromatic N) is 2. The van der Waals surface area contributed by atoms with Crippen LogP contribution in [0.4, 0.5) is 13.2 Å². The van der Waals surface area contributed by atoms with E-state index in [0.29, 0.717) is 24.6 Å². The first kappa shape index (κ1) is 26.9. The molecular formula is C18H28F3IN4O3S. The van der Waals surface area contributed by atoms with Gasteiger partial charge in [-0.25, -0.2) is 8.42 Å². The standard InChI is InChI=1S/C18H27F3N4O3S.HI/c1-13-11-25(12-14(2)28-13)29(26,27)8-7-23-17(22-3)24-10-15-5-4-6-16(9-15)18(19,20)21;/h4-6,9,13-14H,7-8,10-12H2,1-3H3,(H2,22,23,24);1H. The second-order valence-electron chi connectivity index (χ2n) is 6.94. The Morgan fingerprint density at radius 3 is 2.43 bits per heavy atom. The Kier molecular flexibility index (Phi) is 10.3. The summed E-state index contributed by atoms with van der Waals surface area (Å²) in [4.78, 5) is 3.97. The van der Waals surface area contributed by atoms with Gasteiger partial charge >= 0.3 is 6.18 Å². The lowest BCUT2D eigenvalue weighted by Crippen LogP contribution is -2.50. The van der Waals surface area contributed by atoms with E-state index in [0.717, 1.165) is 12.1 Å². The summed E-state index contributed by atoms with van der Waals surface area (Å²) in [5.41, 5.74) is -0.286. The summed E-state index contributed by atoms with van der Waals surface area (Å²) in [6.45, 7) is 4.52. The monoisotopic (exact) mass is 564 g/mol. The minimum Gasteiger partial charge on any atom is -0.373 e. The van der Waals surface area contributed by atoms with Gasteiger partial charge in [-0.1, -0.05) is 12.1 Å². The number of guanidine groups is 1. The van der Waals surface area contributed by atoms with Crippen LogP contribution in [0.5, 0.6) is 0 Å². The van der Waals surface area contributed by atoms with Crippen molar-refractivity contribution in [2.45, 2.75) is 38.8 Å². The second-order valence-corrected chi connectivity index (χ2v) is 9.03. The Labute approximate surface area is 192 Å². The van der Waals surface area contributed by atoms with E-state index in [-0.39, 0.29) is 55.0 Å². The third kappa shape index (κ3) is 8.19. The van der Waals surface area contributed by atoms with Gasteiger partial charge in [0, 0.05) is 33.2 Å². The fraction of sp³-hybridized carbons (Fsp3) is 0.611. The molecule has 30 heavy (non-hydrogen) atoms. The van der Waals surface area contributed by atoms with Gasteiger partial charge in [0.05, 0.1) is 23.5 Å². The molecule has 0 saturated carbocycles. The average Bonchev–Trinajstić information content (AvgIpc) is 2.63. The number of hydrogen-bond acceptors (Lipinski definition) is 4. The van der Waals surface area contributed by atoms with Gasteiger partial charge in [-0.15, -0.1) is 24.0 Å². The fourth-order valence-electron chi connectivity index (χ4n) is 3.05. The third-order valence-electron chi connectivity index (χ3n) is 4.37. The summed E-state index contributed by atoms with van der Waals surface area (Å²) in [6, 6.07) is 4.98. The smallest absolute Gasteiger partial charge is 0.373 e. The van der Waals surface area contributed by atoms with E-state index in [9.17, 15) is 21.6 Å². The van der Waals surface area contributed by atoms with Crippen molar-refractivity contribution >= 4 is 40.0 Å². The molecule has 12 heteroatoms. The lowest BCUT2D eigenvalue weighted by atomic mass is 10.1. The zero-order chi connectivity index (χ0) is 21.7. The van der Waals surface area contributed by atoms with Crippen molar-refractivity contribution < 1.29 is 26.3 Å². The molecule has 0 radical (unpaired) electrons. The average molecular weight is 564 g/mol. The van der Waals surface area contributed by atoms with Gasteiger partial charge in [0.25, 0.3) is 0 Å². The van der Waals surface area contributed by atoms with Crippen molar-refractivity contribution in [3.63, 3.8) is 0 Å². The topological polar surface area (TPSA) is 83.0 Å². The lowest BCUT2D eigenvalue weighted by molar-refractivity contribution is -0.137. The summed E-state index contributed by atoms with van der Waals surface area (Å²) in [6.07, 6.45) is -4.73. The van der Waals surface area contributed by atoms with Gasteiger partial charge in [0.1, 0.15) is 0 Å². The predicted octanol–water partition coefficient (Wildman–Crippen LogP) is 2.43. The number of aliphatic imine (C=N–C) groups is 1. The maximum absolute atomic E-state index is 12.8. The molecule has 1 aromatic rings. The number of rotatable bonds is 6. The minimum atomic E-state index is -4.40. The molecule has 2 N–H and O–H groups in total. The summed E-state index contributed by atoms with van der Waals surface area (Å²) in [5.74, 6) is 0.179. The van der Waals surface area contributed by atoms with Crippen LogP contribution in [0, 0.1) is 0 Å². The molecule has 2 atom stereocenters. The minimum absolute atomic E-state index is 0. The Bertz CT molecular complexity index is 811. The maximum atomic E-state index is 12.8. The first-order chi connectivity index (χ1) is 13.5. The zero-order valence-electron chi connectivity index (χ0n) is 17.1. The number of benzene rings is 1. The van der Waals surface area contributed by atoms with Crippen LogP contribution in [0.25, 0.3) is 0 Å². The van der Waals surface area contributed by atoms with Crippen LogP contribution >= 0.6 is 24.0 Å². The van der Waals surface area contributed by atoms with E-state index in [1.165, 1.54) is 17.4 Å². The lowest BCUT2D eigenvalue weighted by Gasteiger charge is -2.34. The van der Waals surface area contributed by atoms with E-state index >= 15 is 0 Å². The molecule has 1 fully saturated rings. The highest BCUT2D eigenvalue weighted by Gasteiger charge is 2.31. The van der Waals surface area contributed by atoms with Crippen molar-refractivity contribution in [2.75, 3.05) is 32.4 Å². The van der Waals surface area contributed by atoms with Crippen LogP contribution < -0.4 is 10.6 Å². The molecule has 1 saturated heterocycles. The number of morpholine rings is 1. The van der Waals surface area contributed by atoms with Gasteiger partial charge in [0.2, 0.25) is 10.0 Å². The maximum Gasteiger partial charge on any atom is 0.416 e. The molecule has 0 aliphatic carbocycles. The molecule has 0 amide bonds. The summed E-state index contributed by atoms with van der Waals surface area (Å²) in [7, 11) is -1.96. The Morgan fingerprint density at radius 1 is 1.23 bits per heavy atom. The van der Waals surface area contributed by atoms with E-state index in [4.69, 9.17) is 4.74 Å². The highest BCUT2D eigenvalue weighted by molar-refractivity contribution is 14.0. The van der Waals surface area contributed by atoms with Crippen LogP contribution in [0.2, 0.25) is 0 Å². The molecule has 1 aliphatic rings. The number of sulfonamides is 1. The van der Waals surface area contributed by atoms with Gasteiger partial charge in [-0.2, -0.15) is 17.5 Å². The predicted molar refractivity (Wildman–Crippen MR) is 120 cm³/mol. The number of alkyl halides is 3. The van der Waals surface area contributed by atoms with Crippen molar-refractivity contribution in [3.8, 4) is 0 Å². The van der Waals surface area contributed by atoms with Gasteiger partial charge in [0.15, 0.2) is 5.96 Å². The molecular weight excluding hydrogens is 536 g/mol. The first-order valence-corrected chi connectivity index (χ1v) is 10.9. The zero-order valence-corrected chi connectivity index (χ0v) is 20.2. The summed E-state index contributed by atoms with van der Waals surface area (Å²) < 4.78 is 70.4. The van der Waals surface area contributed by atoms with Crippen LogP contribution in [0.3, 0.4) is 0 Å². The summed E-state index contributed by atoms with van der Waals surface area (Å²) >= 11 is 0. The van der Waals surface area contributed by atoms with E-state index in [1.54, 1.807) is 6.07 Å². The second kappa shape index (κ2) is 11.5. The van der Waals surface area contributed by atoms with Gasteiger partial charge < -0.3 is 15.4 Å². The van der Waals surface area contributed by atoms with Crippen LogP contribution in [0.1, 0.15) is 25.0 Å². The highest BCUT2D eigenvalue weighted by Crippen LogP contribution is 2.29. The molecule has 0 bridgehead atoms. The van der Waals surface area contributed by atoms with Crippen LogP contribution in [0.15, 0.2) is 29.3 Å². The molecule has 1 heterocycles. The Hall–Kier alpha value is -1.12. The number of ether oxygens (including phenoxy) is 1. The van der Waals surface area contributed by atoms with E-state index < -0.39 is 21.8 Å². The molecule has 0 aromatic heterocycles. The fourth-order valence-corrected chi connectivity index (χ4v) is 4.54. The number of hydrogen-bond donors (Lipinski definition) is 2. The van der Waals surface area contributed by atoms with Crippen molar-refractivity contribution in [2.24, 2.45) is 4.99 Å². The highest BCUT2D eigenvalue weighted by atomic mass is 127. The molecule has 0 spiro atoms. The molecule has 172 valence electrons. The largest absolute Gasteiger partial charge is 0.416 e. The van der Waals surface area contributed by atoms with Gasteiger partial charge in [-0.3, -0.25) is 4.99 Å². The van der Waals surface area contributed by atoms with Crippen molar-refractivity contribution in [3.05, 3.63) is 35.4 Å². The Balaban J connectivity index is 0.00000450. The molecule has 2 rings (SSSR count). The number of halogens is 4. The van der Waals surface area contributed by atoms with Crippen LogP contribution in [-0.4, -0.2) is 63.3 Å². The quantitative estimate of drug-likeness (QED) is 0.315. The molecule has 2 unspecified atom stereocenters. The van der Waals surface area contributed by atoms with Crippen LogP contribution in [-0.2, 0) is 27.5 Å². The van der Waals surface area contributed by atoms with E-state index in [1.807, 2.05) is 13.8 Å². The summed E-state index contributed by atoms with van der Waals surface area (Å²) in [5, 5.41) is 5.77. The Morgan fingerprint density at radius 2 is 1.87 bits per heavy atom. The van der Waals surface area contributed by atoms with E-state index in [2.05, 4.69) is 15.6 Å². The first-order valence-electron chi connectivity index (χ1n) is 9.25. The normalized spacial score (nSPS) is 21.1. The molecule has 1 aliphatic heterocycles. The SMILES string of the molecule is CN=C(NCCS(=O)(=O)N1CC(C)OC(C)C1)NCc1cccc(C(F)(F)F)c1.I.